The molecule has 2 fully saturated rings. The highest BCUT2D eigenvalue weighted by atomic mass is 19.4. The van der Waals surface area contributed by atoms with E-state index in [1.54, 1.807) is 13.3 Å². The summed E-state index contributed by atoms with van der Waals surface area (Å²) < 4.78 is 44.5. The molecule has 1 aromatic carbocycles. The number of amides is 1. The third-order valence-corrected chi connectivity index (χ3v) is 7.17. The summed E-state index contributed by atoms with van der Waals surface area (Å²) in [6, 6.07) is 5.79. The molecule has 0 radical (unpaired) electrons. The normalized spacial score (nSPS) is 21.8. The van der Waals surface area contributed by atoms with Crippen molar-refractivity contribution in [2.24, 2.45) is 0 Å². The van der Waals surface area contributed by atoms with Crippen LogP contribution in [0.5, 0.6) is 0 Å². The Hall–Kier alpha value is -2.56. The molecule has 0 bridgehead atoms. The molecule has 4 rings (SSSR count). The SMILES string of the molecule is CO[C@H](c1ccc(C(F)(F)F)cc1)N1CCN(C2CCN(C(=O)c3cncnc3C)CC2)C[C@@H]1C. The Kier molecular flexibility index (Phi) is 7.73. The largest absolute Gasteiger partial charge is 0.416 e. The van der Waals surface area contributed by atoms with Gasteiger partial charge in [0.15, 0.2) is 0 Å². The number of hydrogen-bond acceptors (Lipinski definition) is 6. The van der Waals surface area contributed by atoms with E-state index in [4.69, 9.17) is 4.74 Å². The van der Waals surface area contributed by atoms with E-state index < -0.39 is 18.0 Å². The molecule has 7 nitrogen and oxygen atoms in total. The molecule has 1 amide bonds. The number of methoxy groups -OCH3 is 1. The quantitative estimate of drug-likeness (QED) is 0.635. The summed E-state index contributed by atoms with van der Waals surface area (Å²) in [5, 5.41) is 0. The van der Waals surface area contributed by atoms with Crippen LogP contribution in [0.2, 0.25) is 0 Å². The van der Waals surface area contributed by atoms with Gasteiger partial charge in [-0.1, -0.05) is 12.1 Å². The first kappa shape index (κ1) is 25.5. The maximum absolute atomic E-state index is 12.9. The van der Waals surface area contributed by atoms with Gasteiger partial charge in [0.2, 0.25) is 0 Å². The standard InChI is InChI=1S/C25H32F3N5O2/c1-17-15-32(21-8-10-31(11-9-21)23(34)22-14-29-16-30-18(22)2)12-13-33(17)24(35-3)19-4-6-20(7-5-19)25(26,27)28/h4-7,14,16-17,21,24H,8-13,15H2,1-3H3/t17-,24+/m0/s1. The van der Waals surface area contributed by atoms with Gasteiger partial charge in [-0.3, -0.25) is 14.6 Å². The number of rotatable bonds is 5. The Morgan fingerprint density at radius 2 is 1.80 bits per heavy atom. The molecule has 10 heteroatoms. The van der Waals surface area contributed by atoms with Gasteiger partial charge in [0.05, 0.1) is 16.8 Å². The number of alkyl halides is 3. The molecule has 0 N–H and O–H groups in total. The first-order valence-corrected chi connectivity index (χ1v) is 11.9. The number of benzene rings is 1. The molecule has 190 valence electrons. The first-order chi connectivity index (χ1) is 16.7. The Morgan fingerprint density at radius 1 is 1.11 bits per heavy atom. The van der Waals surface area contributed by atoms with Crippen LogP contribution in [0.4, 0.5) is 13.2 Å². The minimum absolute atomic E-state index is 0.0146. The average Bonchev–Trinajstić information content (AvgIpc) is 2.85. The predicted octanol–water partition coefficient (Wildman–Crippen LogP) is 3.76. The number of carbonyl (C=O) groups excluding carboxylic acids is 1. The molecular weight excluding hydrogens is 459 g/mol. The molecule has 2 aromatic rings. The molecule has 0 spiro atoms. The smallest absolute Gasteiger partial charge is 0.362 e. The summed E-state index contributed by atoms with van der Waals surface area (Å²) in [6.07, 6.45) is 0.0831. The zero-order chi connectivity index (χ0) is 25.2. The minimum Gasteiger partial charge on any atom is -0.362 e. The van der Waals surface area contributed by atoms with E-state index in [0.717, 1.165) is 44.6 Å². The van der Waals surface area contributed by atoms with Gasteiger partial charge in [0, 0.05) is 58.1 Å². The summed E-state index contributed by atoms with van der Waals surface area (Å²) in [5.41, 5.74) is 1.31. The number of ether oxygens (including phenoxy) is 1. The lowest BCUT2D eigenvalue weighted by Gasteiger charge is -2.47. The van der Waals surface area contributed by atoms with E-state index in [9.17, 15) is 18.0 Å². The van der Waals surface area contributed by atoms with E-state index in [-0.39, 0.29) is 11.9 Å². The van der Waals surface area contributed by atoms with Crippen molar-refractivity contribution in [1.29, 1.82) is 0 Å². The fraction of sp³-hybridized carbons (Fsp3) is 0.560. The van der Waals surface area contributed by atoms with E-state index in [1.165, 1.54) is 18.5 Å². The first-order valence-electron chi connectivity index (χ1n) is 11.9. The maximum atomic E-state index is 12.9. The summed E-state index contributed by atoms with van der Waals surface area (Å²) in [4.78, 5) is 27.5. The highest BCUT2D eigenvalue weighted by Crippen LogP contribution is 2.32. The molecule has 0 saturated carbocycles. The van der Waals surface area contributed by atoms with Crippen LogP contribution in [-0.4, -0.2) is 82.5 Å². The third-order valence-electron chi connectivity index (χ3n) is 7.17. The molecule has 2 atom stereocenters. The predicted molar refractivity (Wildman–Crippen MR) is 125 cm³/mol. The zero-order valence-electron chi connectivity index (χ0n) is 20.3. The van der Waals surface area contributed by atoms with Gasteiger partial charge in [-0.25, -0.2) is 9.97 Å². The van der Waals surface area contributed by atoms with Crippen LogP contribution < -0.4 is 0 Å². The molecule has 3 heterocycles. The van der Waals surface area contributed by atoms with Crippen LogP contribution in [0.1, 0.15) is 53.2 Å². The number of aryl methyl sites for hydroxylation is 1. The number of halogens is 3. The van der Waals surface area contributed by atoms with E-state index >= 15 is 0 Å². The van der Waals surface area contributed by atoms with Gasteiger partial charge in [-0.15, -0.1) is 0 Å². The second-order valence-electron chi connectivity index (χ2n) is 9.33. The fourth-order valence-electron chi connectivity index (χ4n) is 5.18. The van der Waals surface area contributed by atoms with Gasteiger partial charge in [0.1, 0.15) is 12.6 Å². The van der Waals surface area contributed by atoms with Crippen LogP contribution in [0.25, 0.3) is 0 Å². The maximum Gasteiger partial charge on any atom is 0.416 e. The number of carbonyl (C=O) groups is 1. The van der Waals surface area contributed by atoms with E-state index in [2.05, 4.69) is 26.7 Å². The molecule has 0 unspecified atom stereocenters. The molecule has 1 aromatic heterocycles. The average molecular weight is 492 g/mol. The molecule has 2 aliphatic rings. The van der Waals surface area contributed by atoms with Gasteiger partial charge >= 0.3 is 6.18 Å². The van der Waals surface area contributed by atoms with Crippen molar-refractivity contribution < 1.29 is 22.7 Å². The number of nitrogens with zero attached hydrogens (tertiary/aromatic N) is 5. The number of aromatic nitrogens is 2. The van der Waals surface area contributed by atoms with Crippen molar-refractivity contribution in [3.05, 3.63) is 59.2 Å². The van der Waals surface area contributed by atoms with Gasteiger partial charge in [-0.2, -0.15) is 13.2 Å². The summed E-state index contributed by atoms with van der Waals surface area (Å²) in [6.45, 7) is 7.76. The number of likely N-dealkylation sites (tertiary alicyclic amines) is 1. The lowest BCUT2D eigenvalue weighted by atomic mass is 9.99. The van der Waals surface area contributed by atoms with Crippen LogP contribution in [0, 0.1) is 6.92 Å². The number of piperidine rings is 1. The topological polar surface area (TPSA) is 61.8 Å². The van der Waals surface area contributed by atoms with Crippen molar-refractivity contribution in [2.75, 3.05) is 39.8 Å². The second-order valence-corrected chi connectivity index (χ2v) is 9.33. The van der Waals surface area contributed by atoms with Crippen LogP contribution in [-0.2, 0) is 10.9 Å². The minimum atomic E-state index is -4.35. The molecule has 2 saturated heterocycles. The summed E-state index contributed by atoms with van der Waals surface area (Å²) >= 11 is 0. The van der Waals surface area contributed by atoms with Gasteiger partial charge in [-0.05, 0) is 44.4 Å². The van der Waals surface area contributed by atoms with Crippen molar-refractivity contribution in [1.82, 2.24) is 24.7 Å². The van der Waals surface area contributed by atoms with Gasteiger partial charge < -0.3 is 9.64 Å². The lowest BCUT2D eigenvalue weighted by Crippen LogP contribution is -2.57. The molecular formula is C25H32F3N5O2. The Bertz CT molecular complexity index is 1010. The molecule has 2 aliphatic heterocycles. The highest BCUT2D eigenvalue weighted by Gasteiger charge is 2.36. The number of piperazine rings is 1. The van der Waals surface area contributed by atoms with Crippen molar-refractivity contribution in [3.63, 3.8) is 0 Å². The molecule has 35 heavy (non-hydrogen) atoms. The van der Waals surface area contributed by atoms with Crippen molar-refractivity contribution >= 4 is 5.91 Å². The van der Waals surface area contributed by atoms with E-state index in [1.807, 2.05) is 11.8 Å². The van der Waals surface area contributed by atoms with Crippen LogP contribution >= 0.6 is 0 Å². The molecule has 0 aliphatic carbocycles. The second kappa shape index (κ2) is 10.6. The Morgan fingerprint density at radius 3 is 2.37 bits per heavy atom. The number of hydrogen-bond donors (Lipinski definition) is 0. The fourth-order valence-corrected chi connectivity index (χ4v) is 5.18. The monoisotopic (exact) mass is 491 g/mol. The zero-order valence-corrected chi connectivity index (χ0v) is 20.3. The van der Waals surface area contributed by atoms with Crippen molar-refractivity contribution in [2.45, 2.75) is 51.2 Å². The van der Waals surface area contributed by atoms with Gasteiger partial charge in [0.25, 0.3) is 5.91 Å². The lowest BCUT2D eigenvalue weighted by molar-refractivity contribution is -0.137. The summed E-state index contributed by atoms with van der Waals surface area (Å²) in [5.74, 6) is -0.0146. The van der Waals surface area contributed by atoms with Crippen molar-refractivity contribution in [3.8, 4) is 0 Å². The summed E-state index contributed by atoms with van der Waals surface area (Å²) in [7, 11) is 1.59. The highest BCUT2D eigenvalue weighted by molar-refractivity contribution is 5.94. The van der Waals surface area contributed by atoms with E-state index in [0.29, 0.717) is 36.0 Å². The van der Waals surface area contributed by atoms with Crippen LogP contribution in [0.3, 0.4) is 0 Å². The van der Waals surface area contributed by atoms with Crippen LogP contribution in [0.15, 0.2) is 36.8 Å². The Balaban J connectivity index is 1.33. The Labute approximate surface area is 203 Å². The third kappa shape index (κ3) is 5.65.